The van der Waals surface area contributed by atoms with Gasteiger partial charge in [0.05, 0.1) is 38.4 Å². The van der Waals surface area contributed by atoms with Crippen molar-refractivity contribution in [3.8, 4) is 5.75 Å². The number of benzene rings is 1. The average molecular weight is 930 g/mol. The van der Waals surface area contributed by atoms with Crippen LogP contribution in [0, 0.1) is 11.8 Å². The minimum atomic E-state index is -1.06. The molecule has 4 rings (SSSR count). The summed E-state index contributed by atoms with van der Waals surface area (Å²) in [5, 5.41) is 21.4. The van der Waals surface area contributed by atoms with E-state index in [1.165, 1.54) is 11.3 Å². The standard InChI is InChI=1S/C47H75N7O10S/c1-8-18-54(45(57)41(31(6)10-3)52-43(56)38-13-11-12-19-53(38)7)39(30(4)5)28-40(63-20-9-2)44-51-37(29-65-44)42(55)50-33-25-32-14-15-34(27-35(32)36(26-33)46(58)59)64-47(60)49-17-22-62-24-23-61-21-16-48/h14-15,27,29-31,33,36,38-41H,8-13,16-26,28,48H2,1-7H3,(H,49,60)(H,50,55)(H,52,56)(H,58,59)/t31-,33-,36+,38+,39+,40+,41-/m0/s1. The number of likely N-dealkylation sites (tertiary alicyclic amines) is 1. The first kappa shape index (κ1) is 53.4. The van der Waals surface area contributed by atoms with Crippen molar-refractivity contribution in [3.63, 3.8) is 0 Å². The number of carbonyl (C=O) groups excluding carboxylic acids is 4. The first-order valence-electron chi connectivity index (χ1n) is 23.6. The lowest BCUT2D eigenvalue weighted by Gasteiger charge is -2.40. The summed E-state index contributed by atoms with van der Waals surface area (Å²) in [4.78, 5) is 75.9. The number of piperidine rings is 1. The van der Waals surface area contributed by atoms with Gasteiger partial charge in [-0.1, -0.05) is 60.5 Å². The normalized spacial score (nSPS) is 19.4. The Hall–Kier alpha value is -4.20. The number of carboxylic acids is 1. The van der Waals surface area contributed by atoms with Crippen LogP contribution in [0.1, 0.15) is 132 Å². The molecule has 1 aliphatic carbocycles. The Bertz CT molecular complexity index is 1830. The molecule has 7 atom stereocenters. The summed E-state index contributed by atoms with van der Waals surface area (Å²) >= 11 is 1.32. The Morgan fingerprint density at radius 2 is 1.77 bits per heavy atom. The zero-order valence-corrected chi connectivity index (χ0v) is 40.4. The van der Waals surface area contributed by atoms with Crippen LogP contribution in [0.2, 0.25) is 0 Å². The molecule has 1 fully saturated rings. The summed E-state index contributed by atoms with van der Waals surface area (Å²) in [6.45, 7) is 16.2. The molecular formula is C47H75N7O10S. The van der Waals surface area contributed by atoms with Gasteiger partial charge in [-0.15, -0.1) is 11.3 Å². The second kappa shape index (κ2) is 27.4. The molecule has 2 aliphatic rings. The van der Waals surface area contributed by atoms with Crippen LogP contribution < -0.4 is 26.4 Å². The molecule has 0 radical (unpaired) electrons. The molecule has 0 unspecified atom stereocenters. The number of aromatic nitrogens is 1. The van der Waals surface area contributed by atoms with E-state index in [1.807, 2.05) is 39.6 Å². The van der Waals surface area contributed by atoms with Crippen LogP contribution >= 0.6 is 11.3 Å². The molecule has 1 aliphatic heterocycles. The highest BCUT2D eigenvalue weighted by molar-refractivity contribution is 7.09. The van der Waals surface area contributed by atoms with Crippen LogP contribution in [0.4, 0.5) is 4.79 Å². The van der Waals surface area contributed by atoms with E-state index in [0.29, 0.717) is 62.9 Å². The Kier molecular flexibility index (Phi) is 22.6. The van der Waals surface area contributed by atoms with Gasteiger partial charge in [0, 0.05) is 50.1 Å². The van der Waals surface area contributed by atoms with Crippen molar-refractivity contribution in [3.05, 3.63) is 45.4 Å². The highest BCUT2D eigenvalue weighted by atomic mass is 32.1. The zero-order chi connectivity index (χ0) is 47.5. The summed E-state index contributed by atoms with van der Waals surface area (Å²) in [6, 6.07) is 3.21. The molecule has 2 aromatic rings. The predicted octanol–water partition coefficient (Wildman–Crippen LogP) is 5.27. The molecule has 0 bridgehead atoms. The number of likely N-dealkylation sites (N-methyl/N-ethyl adjacent to an activating group) is 1. The first-order valence-corrected chi connectivity index (χ1v) is 24.5. The third kappa shape index (κ3) is 16.0. The number of nitrogens with one attached hydrogen (secondary N) is 3. The Morgan fingerprint density at radius 3 is 2.43 bits per heavy atom. The second-order valence-corrected chi connectivity index (χ2v) is 18.5. The van der Waals surface area contributed by atoms with Crippen LogP contribution in [0.3, 0.4) is 0 Å². The monoisotopic (exact) mass is 930 g/mol. The molecule has 2 heterocycles. The minimum Gasteiger partial charge on any atom is -0.481 e. The average Bonchev–Trinajstić information content (AvgIpc) is 3.78. The number of nitrogens with two attached hydrogens (primary N) is 1. The Morgan fingerprint density at radius 1 is 1.02 bits per heavy atom. The van der Waals surface area contributed by atoms with Crippen molar-refractivity contribution in [1.82, 2.24) is 30.7 Å². The number of aliphatic carboxylic acids is 1. The van der Waals surface area contributed by atoms with Crippen molar-refractivity contribution in [2.45, 2.75) is 136 Å². The first-order chi connectivity index (χ1) is 31.2. The molecule has 65 heavy (non-hydrogen) atoms. The van der Waals surface area contributed by atoms with Gasteiger partial charge in [0.15, 0.2) is 0 Å². The summed E-state index contributed by atoms with van der Waals surface area (Å²) in [7, 11) is 1.97. The maximum atomic E-state index is 14.7. The summed E-state index contributed by atoms with van der Waals surface area (Å²) in [6.07, 6.45) is 4.75. The highest BCUT2D eigenvalue weighted by Crippen LogP contribution is 2.36. The van der Waals surface area contributed by atoms with Crippen LogP contribution in [-0.2, 0) is 35.0 Å². The van der Waals surface area contributed by atoms with Gasteiger partial charge in [-0.05, 0) is 87.2 Å². The van der Waals surface area contributed by atoms with E-state index < -0.39 is 42.1 Å². The van der Waals surface area contributed by atoms with E-state index >= 15 is 0 Å². The lowest BCUT2D eigenvalue weighted by molar-refractivity contribution is -0.143. The molecular weight excluding hydrogens is 855 g/mol. The molecule has 1 saturated heterocycles. The number of thiazole rings is 1. The number of ether oxygens (including phenoxy) is 4. The van der Waals surface area contributed by atoms with Gasteiger partial charge in [-0.3, -0.25) is 24.1 Å². The van der Waals surface area contributed by atoms with Crippen molar-refractivity contribution >= 4 is 41.1 Å². The van der Waals surface area contributed by atoms with E-state index in [9.17, 15) is 29.1 Å². The number of fused-ring (bicyclic) bond motifs is 1. The fourth-order valence-corrected chi connectivity index (χ4v) is 9.36. The van der Waals surface area contributed by atoms with Crippen LogP contribution in [0.5, 0.6) is 5.75 Å². The van der Waals surface area contributed by atoms with Crippen molar-refractivity contribution < 1.29 is 48.0 Å². The number of carboxylic acid groups (broad SMARTS) is 1. The van der Waals surface area contributed by atoms with E-state index in [4.69, 9.17) is 29.7 Å². The Balaban J connectivity index is 1.44. The zero-order valence-electron chi connectivity index (χ0n) is 39.6. The smallest absolute Gasteiger partial charge is 0.412 e. The fraction of sp³-hybridized carbons (Fsp3) is 0.702. The summed E-state index contributed by atoms with van der Waals surface area (Å²) < 4.78 is 22.5. The highest BCUT2D eigenvalue weighted by Gasteiger charge is 2.39. The second-order valence-electron chi connectivity index (χ2n) is 17.6. The van der Waals surface area contributed by atoms with Gasteiger partial charge < -0.3 is 50.6 Å². The molecule has 1 aromatic heterocycles. The molecule has 18 heteroatoms. The fourth-order valence-electron chi connectivity index (χ4n) is 8.50. The Labute approximate surface area is 389 Å². The van der Waals surface area contributed by atoms with Crippen LogP contribution in [0.15, 0.2) is 23.6 Å². The van der Waals surface area contributed by atoms with Crippen LogP contribution in [-0.4, -0.2) is 140 Å². The number of nitrogens with zero attached hydrogens (tertiary/aromatic N) is 3. The van der Waals surface area contributed by atoms with Gasteiger partial charge >= 0.3 is 12.1 Å². The van der Waals surface area contributed by atoms with Crippen molar-refractivity contribution in [2.75, 3.05) is 66.3 Å². The third-order valence-corrected chi connectivity index (χ3v) is 13.2. The van der Waals surface area contributed by atoms with Gasteiger partial charge in [-0.25, -0.2) is 9.78 Å². The topological polar surface area (TPSA) is 224 Å². The van der Waals surface area contributed by atoms with E-state index in [0.717, 1.165) is 50.6 Å². The molecule has 6 N–H and O–H groups in total. The maximum Gasteiger partial charge on any atom is 0.412 e. The van der Waals surface area contributed by atoms with E-state index in [1.54, 1.807) is 23.6 Å². The summed E-state index contributed by atoms with van der Waals surface area (Å²) in [5.41, 5.74) is 6.83. The van der Waals surface area contributed by atoms with Gasteiger partial charge in [-0.2, -0.15) is 0 Å². The lowest BCUT2D eigenvalue weighted by atomic mass is 9.80. The minimum absolute atomic E-state index is 0.0398. The van der Waals surface area contributed by atoms with Gasteiger partial charge in [0.25, 0.3) is 5.91 Å². The van der Waals surface area contributed by atoms with Crippen molar-refractivity contribution in [2.24, 2.45) is 17.6 Å². The quantitative estimate of drug-likeness (QED) is 0.0722. The molecule has 0 saturated carbocycles. The molecule has 364 valence electrons. The SMILES string of the molecule is CCCO[C@H](C[C@H](C(C)C)N(CCC)C(=O)[C@@H](NC(=O)[C@H]1CCCCN1C)[C@@H](C)CC)c1nc(C(=O)N[C@H]2Cc3ccc(OC(=O)NCCOCCOCCN)cc3[C@H](C(=O)O)C2)cs1. The van der Waals surface area contributed by atoms with Gasteiger partial charge in [0.1, 0.15) is 28.6 Å². The third-order valence-electron chi connectivity index (χ3n) is 12.2. The molecule has 0 spiro atoms. The number of carbonyl (C=O) groups is 5. The van der Waals surface area contributed by atoms with Gasteiger partial charge in [0.2, 0.25) is 11.8 Å². The lowest BCUT2D eigenvalue weighted by Crippen LogP contribution is -2.58. The van der Waals surface area contributed by atoms with E-state index in [-0.39, 0.29) is 66.7 Å². The largest absolute Gasteiger partial charge is 0.481 e. The number of hydrogen-bond acceptors (Lipinski definition) is 13. The number of rotatable bonds is 27. The number of hydrogen-bond donors (Lipinski definition) is 5. The van der Waals surface area contributed by atoms with Crippen molar-refractivity contribution in [1.29, 1.82) is 0 Å². The number of amides is 4. The van der Waals surface area contributed by atoms with Crippen LogP contribution in [0.25, 0.3) is 0 Å². The molecule has 1 aromatic carbocycles. The van der Waals surface area contributed by atoms with E-state index in [2.05, 4.69) is 34.7 Å². The predicted molar refractivity (Wildman–Crippen MR) is 249 cm³/mol. The molecule has 4 amide bonds. The molecule has 17 nitrogen and oxygen atoms in total. The summed E-state index contributed by atoms with van der Waals surface area (Å²) in [5.74, 6) is -2.47. The maximum absolute atomic E-state index is 14.7.